The summed E-state index contributed by atoms with van der Waals surface area (Å²) in [4.78, 5) is 22.5. The molecule has 0 atom stereocenters. The Balaban J connectivity index is 3.34. The van der Waals surface area contributed by atoms with E-state index in [-0.39, 0.29) is 5.97 Å². The Morgan fingerprint density at radius 1 is 0.850 bits per heavy atom. The Bertz CT molecular complexity index is 282. The minimum Gasteiger partial charge on any atom is -0.469 e. The Kier molecular flexibility index (Phi) is 13.5. The Morgan fingerprint density at radius 2 is 1.55 bits per heavy atom. The van der Waals surface area contributed by atoms with Gasteiger partial charge in [-0.2, -0.15) is 0 Å². The summed E-state index contributed by atoms with van der Waals surface area (Å²) < 4.78 is 4.56. The predicted octanol–water partition coefficient (Wildman–Crippen LogP) is 4.60. The Hall–Kier alpha value is -1.12. The highest BCUT2D eigenvalue weighted by Gasteiger charge is 2.02. The molecule has 3 heteroatoms. The smallest absolute Gasteiger partial charge is 0.305 e. The molecule has 0 rings (SSSR count). The van der Waals surface area contributed by atoms with Gasteiger partial charge in [0.05, 0.1) is 7.11 Å². The molecular formula is C17H30O3. The van der Waals surface area contributed by atoms with Crippen LogP contribution in [-0.4, -0.2) is 18.9 Å². The SMILES string of the molecule is CCCCCC=CCCC(=O)CCCCCC(=O)OC. The molecule has 0 spiro atoms. The second-order valence-electron chi connectivity index (χ2n) is 5.18. The highest BCUT2D eigenvalue weighted by Crippen LogP contribution is 2.07. The van der Waals surface area contributed by atoms with Crippen molar-refractivity contribution in [2.24, 2.45) is 0 Å². The summed E-state index contributed by atoms with van der Waals surface area (Å²) in [5, 5.41) is 0. The lowest BCUT2D eigenvalue weighted by Gasteiger charge is -2.00. The minimum atomic E-state index is -0.162. The molecule has 0 bridgehead atoms. The highest BCUT2D eigenvalue weighted by atomic mass is 16.5. The lowest BCUT2D eigenvalue weighted by atomic mass is 10.1. The van der Waals surface area contributed by atoms with Crippen molar-refractivity contribution in [1.29, 1.82) is 0 Å². The molecule has 0 aliphatic rings. The molecule has 0 fully saturated rings. The molecule has 0 unspecified atom stereocenters. The number of ether oxygens (including phenoxy) is 1. The molecule has 0 aromatic rings. The van der Waals surface area contributed by atoms with E-state index < -0.39 is 0 Å². The second kappa shape index (κ2) is 14.3. The maximum absolute atomic E-state index is 11.6. The van der Waals surface area contributed by atoms with Crippen LogP contribution in [0.15, 0.2) is 12.2 Å². The van der Waals surface area contributed by atoms with Crippen LogP contribution in [-0.2, 0) is 14.3 Å². The Labute approximate surface area is 123 Å². The fourth-order valence-electron chi connectivity index (χ4n) is 1.99. The molecule has 0 saturated carbocycles. The molecule has 0 aromatic carbocycles. The maximum atomic E-state index is 11.6. The van der Waals surface area contributed by atoms with Gasteiger partial charge in [-0.15, -0.1) is 0 Å². The number of Topliss-reactive ketones (excluding diaryl/α,β-unsaturated/α-hetero) is 1. The first-order chi connectivity index (χ1) is 9.70. The van der Waals surface area contributed by atoms with Crippen molar-refractivity contribution in [2.45, 2.75) is 77.6 Å². The largest absolute Gasteiger partial charge is 0.469 e. The molecule has 0 radical (unpaired) electrons. The summed E-state index contributed by atoms with van der Waals surface area (Å²) in [6, 6.07) is 0. The number of rotatable bonds is 13. The maximum Gasteiger partial charge on any atom is 0.305 e. The molecule has 0 aliphatic carbocycles. The van der Waals surface area contributed by atoms with Crippen molar-refractivity contribution < 1.29 is 14.3 Å². The van der Waals surface area contributed by atoms with E-state index >= 15 is 0 Å². The van der Waals surface area contributed by atoms with Crippen molar-refractivity contribution in [1.82, 2.24) is 0 Å². The average molecular weight is 282 g/mol. The van der Waals surface area contributed by atoms with E-state index in [9.17, 15) is 9.59 Å². The molecule has 116 valence electrons. The van der Waals surface area contributed by atoms with Gasteiger partial charge in [-0.05, 0) is 32.1 Å². The summed E-state index contributed by atoms with van der Waals surface area (Å²) in [6.07, 6.45) is 14.5. The third-order valence-electron chi connectivity index (χ3n) is 3.30. The third kappa shape index (κ3) is 13.3. The zero-order valence-corrected chi connectivity index (χ0v) is 13.2. The van der Waals surface area contributed by atoms with Crippen LogP contribution in [0.3, 0.4) is 0 Å². The van der Waals surface area contributed by atoms with Gasteiger partial charge in [-0.3, -0.25) is 9.59 Å². The van der Waals surface area contributed by atoms with Crippen LogP contribution in [0.5, 0.6) is 0 Å². The first-order valence-corrected chi connectivity index (χ1v) is 7.94. The number of unbranched alkanes of at least 4 members (excludes halogenated alkanes) is 5. The van der Waals surface area contributed by atoms with Crippen LogP contribution in [0.2, 0.25) is 0 Å². The van der Waals surface area contributed by atoms with E-state index in [0.29, 0.717) is 25.0 Å². The third-order valence-corrected chi connectivity index (χ3v) is 3.30. The lowest BCUT2D eigenvalue weighted by Crippen LogP contribution is -2.00. The van der Waals surface area contributed by atoms with Crippen LogP contribution in [0.25, 0.3) is 0 Å². The van der Waals surface area contributed by atoms with Crippen molar-refractivity contribution >= 4 is 11.8 Å². The zero-order valence-electron chi connectivity index (χ0n) is 13.2. The fraction of sp³-hybridized carbons (Fsp3) is 0.765. The molecule has 3 nitrogen and oxygen atoms in total. The summed E-state index contributed by atoms with van der Waals surface area (Å²) in [7, 11) is 1.40. The van der Waals surface area contributed by atoms with Crippen LogP contribution >= 0.6 is 0 Å². The van der Waals surface area contributed by atoms with Gasteiger partial charge in [0.15, 0.2) is 0 Å². The first-order valence-electron chi connectivity index (χ1n) is 7.94. The molecule has 0 N–H and O–H groups in total. The van der Waals surface area contributed by atoms with E-state index in [2.05, 4.69) is 23.8 Å². The van der Waals surface area contributed by atoms with Crippen molar-refractivity contribution in [2.75, 3.05) is 7.11 Å². The van der Waals surface area contributed by atoms with Gasteiger partial charge in [0, 0.05) is 19.3 Å². The Morgan fingerprint density at radius 3 is 2.25 bits per heavy atom. The quantitative estimate of drug-likeness (QED) is 0.282. The monoisotopic (exact) mass is 282 g/mol. The van der Waals surface area contributed by atoms with Crippen LogP contribution in [0.4, 0.5) is 0 Å². The van der Waals surface area contributed by atoms with Gasteiger partial charge < -0.3 is 4.74 Å². The van der Waals surface area contributed by atoms with E-state index in [4.69, 9.17) is 0 Å². The van der Waals surface area contributed by atoms with Gasteiger partial charge in [0.1, 0.15) is 5.78 Å². The van der Waals surface area contributed by atoms with Crippen molar-refractivity contribution in [3.05, 3.63) is 12.2 Å². The minimum absolute atomic E-state index is 0.162. The molecule has 20 heavy (non-hydrogen) atoms. The number of carbonyl (C=O) groups excluding carboxylic acids is 2. The number of carbonyl (C=O) groups is 2. The lowest BCUT2D eigenvalue weighted by molar-refractivity contribution is -0.140. The van der Waals surface area contributed by atoms with Gasteiger partial charge in [0.2, 0.25) is 0 Å². The summed E-state index contributed by atoms with van der Waals surface area (Å²) in [5.41, 5.74) is 0. The normalized spacial score (nSPS) is 10.9. The van der Waals surface area contributed by atoms with Crippen molar-refractivity contribution in [3.8, 4) is 0 Å². The molecule has 0 saturated heterocycles. The standard InChI is InChI=1S/C17H30O3/c1-3-4-5-6-7-8-10-13-16(18)14-11-9-12-15-17(19)20-2/h7-8H,3-6,9-15H2,1-2H3. The summed E-state index contributed by atoms with van der Waals surface area (Å²) in [6.45, 7) is 2.20. The van der Waals surface area contributed by atoms with Crippen LogP contribution in [0.1, 0.15) is 77.6 Å². The summed E-state index contributed by atoms with van der Waals surface area (Å²) in [5.74, 6) is 0.172. The van der Waals surface area contributed by atoms with Crippen molar-refractivity contribution in [3.63, 3.8) is 0 Å². The predicted molar refractivity (Wildman–Crippen MR) is 82.6 cm³/mol. The number of hydrogen-bond acceptors (Lipinski definition) is 3. The molecule has 0 aromatic heterocycles. The molecule has 0 amide bonds. The highest BCUT2D eigenvalue weighted by molar-refractivity contribution is 5.78. The fourth-order valence-corrected chi connectivity index (χ4v) is 1.99. The second-order valence-corrected chi connectivity index (χ2v) is 5.18. The number of allylic oxidation sites excluding steroid dienone is 2. The average Bonchev–Trinajstić information content (AvgIpc) is 2.45. The molecule has 0 heterocycles. The first kappa shape index (κ1) is 18.9. The van der Waals surface area contributed by atoms with Gasteiger partial charge in [0.25, 0.3) is 0 Å². The van der Waals surface area contributed by atoms with E-state index in [1.54, 1.807) is 0 Å². The van der Waals surface area contributed by atoms with Gasteiger partial charge in [-0.1, -0.05) is 38.3 Å². The number of methoxy groups -OCH3 is 1. The van der Waals surface area contributed by atoms with Gasteiger partial charge in [-0.25, -0.2) is 0 Å². The van der Waals surface area contributed by atoms with Crippen LogP contribution < -0.4 is 0 Å². The topological polar surface area (TPSA) is 43.4 Å². The number of esters is 1. The molecule has 0 aliphatic heterocycles. The summed E-state index contributed by atoms with van der Waals surface area (Å²) >= 11 is 0. The van der Waals surface area contributed by atoms with Gasteiger partial charge >= 0.3 is 5.97 Å². The number of ketones is 1. The zero-order chi connectivity index (χ0) is 15.1. The van der Waals surface area contributed by atoms with E-state index in [1.807, 2.05) is 0 Å². The van der Waals surface area contributed by atoms with E-state index in [1.165, 1.54) is 26.4 Å². The van der Waals surface area contributed by atoms with E-state index in [0.717, 1.165) is 32.1 Å². The molecular weight excluding hydrogens is 252 g/mol. The van der Waals surface area contributed by atoms with Crippen LogP contribution in [0, 0.1) is 0 Å². The number of hydrogen-bond donors (Lipinski definition) is 0.